The van der Waals surface area contributed by atoms with Crippen LogP contribution >= 0.6 is 11.3 Å². The van der Waals surface area contributed by atoms with E-state index >= 15 is 0 Å². The van der Waals surface area contributed by atoms with Gasteiger partial charge in [-0.2, -0.15) is 4.31 Å². The first-order valence-corrected chi connectivity index (χ1v) is 8.80. The van der Waals surface area contributed by atoms with E-state index in [0.29, 0.717) is 11.4 Å². The summed E-state index contributed by atoms with van der Waals surface area (Å²) in [5, 5.41) is 14.1. The molecule has 0 unspecified atom stereocenters. The number of aliphatic hydroxyl groups is 1. The van der Waals surface area contributed by atoms with E-state index in [1.54, 1.807) is 6.92 Å². The number of sulfonamides is 1. The molecule has 0 fully saturated rings. The molecule has 1 rings (SSSR count). The Labute approximate surface area is 125 Å². The molecule has 1 aromatic rings. The van der Waals surface area contributed by atoms with Crippen LogP contribution in [0.3, 0.4) is 0 Å². The lowest BCUT2D eigenvalue weighted by Crippen LogP contribution is -2.34. The van der Waals surface area contributed by atoms with Crippen molar-refractivity contribution in [2.45, 2.75) is 25.3 Å². The molecule has 0 aliphatic carbocycles. The summed E-state index contributed by atoms with van der Waals surface area (Å²) in [6.07, 6.45) is 1.53. The monoisotopic (exact) mass is 318 g/mol. The van der Waals surface area contributed by atoms with Gasteiger partial charge in [-0.05, 0) is 24.4 Å². The molecule has 1 aromatic heterocycles. The first kappa shape index (κ1) is 17.3. The maximum absolute atomic E-state index is 12.7. The van der Waals surface area contributed by atoms with Crippen molar-refractivity contribution in [3.63, 3.8) is 0 Å². The highest BCUT2D eigenvalue weighted by atomic mass is 32.2. The third-order valence-corrected chi connectivity index (χ3v) is 6.13. The molecule has 114 valence electrons. The topological polar surface area (TPSA) is 69.6 Å². The number of hydrogen-bond donors (Lipinski definition) is 2. The molecule has 0 aromatic carbocycles. The summed E-state index contributed by atoms with van der Waals surface area (Å²) in [5.41, 5.74) is 0.745. The van der Waals surface area contributed by atoms with Gasteiger partial charge in [0.15, 0.2) is 0 Å². The summed E-state index contributed by atoms with van der Waals surface area (Å²) >= 11 is 1.44. The normalized spacial score (nSPS) is 12.0. The average Bonchev–Trinajstić information content (AvgIpc) is 2.78. The molecular formula is C13H22N2O3S2. The summed E-state index contributed by atoms with van der Waals surface area (Å²) in [7, 11) is -3.60. The second-order valence-corrected chi connectivity index (χ2v) is 7.17. The van der Waals surface area contributed by atoms with Crippen LogP contribution in [0.1, 0.15) is 17.4 Å². The first-order chi connectivity index (χ1) is 9.48. The van der Waals surface area contributed by atoms with Gasteiger partial charge in [-0.1, -0.05) is 13.0 Å². The lowest BCUT2D eigenvalue weighted by Gasteiger charge is -2.20. The smallest absolute Gasteiger partial charge is 0.244 e. The second-order valence-electron chi connectivity index (χ2n) is 4.33. The highest BCUT2D eigenvalue weighted by Crippen LogP contribution is 2.29. The van der Waals surface area contributed by atoms with Crippen molar-refractivity contribution in [1.82, 2.24) is 9.62 Å². The molecule has 0 bridgehead atoms. The quantitative estimate of drug-likeness (QED) is 0.674. The van der Waals surface area contributed by atoms with Crippen LogP contribution in [0.15, 0.2) is 22.9 Å². The van der Waals surface area contributed by atoms with Crippen molar-refractivity contribution in [3.05, 3.63) is 28.5 Å². The second kappa shape index (κ2) is 7.90. The molecule has 5 nitrogen and oxygen atoms in total. The van der Waals surface area contributed by atoms with Gasteiger partial charge in [-0.3, -0.25) is 0 Å². The molecule has 2 N–H and O–H groups in total. The van der Waals surface area contributed by atoms with Gasteiger partial charge in [0.05, 0.1) is 6.61 Å². The van der Waals surface area contributed by atoms with E-state index in [4.69, 9.17) is 5.11 Å². The van der Waals surface area contributed by atoms with Gasteiger partial charge in [0.1, 0.15) is 4.90 Å². The zero-order valence-electron chi connectivity index (χ0n) is 11.9. The van der Waals surface area contributed by atoms with E-state index in [0.717, 1.165) is 17.0 Å². The number of rotatable bonds is 9. The molecule has 0 aliphatic heterocycles. The Kier molecular flexibility index (Phi) is 6.84. The summed E-state index contributed by atoms with van der Waals surface area (Å²) in [4.78, 5) is 1.16. The Morgan fingerprint density at radius 1 is 1.55 bits per heavy atom. The zero-order chi connectivity index (χ0) is 15.2. The van der Waals surface area contributed by atoms with E-state index in [1.807, 2.05) is 12.3 Å². The van der Waals surface area contributed by atoms with Crippen molar-refractivity contribution in [3.8, 4) is 0 Å². The molecular weight excluding hydrogens is 296 g/mol. The van der Waals surface area contributed by atoms with Gasteiger partial charge in [0, 0.05) is 24.5 Å². The maximum Gasteiger partial charge on any atom is 0.244 e. The highest BCUT2D eigenvalue weighted by Gasteiger charge is 2.28. The Balaban J connectivity index is 3.18. The molecule has 0 aliphatic rings. The molecule has 20 heavy (non-hydrogen) atoms. The minimum Gasteiger partial charge on any atom is -0.395 e. The molecule has 0 atom stereocenters. The molecule has 0 radical (unpaired) electrons. The van der Waals surface area contributed by atoms with Gasteiger partial charge in [-0.25, -0.2) is 8.42 Å². The van der Waals surface area contributed by atoms with Gasteiger partial charge in [-0.15, -0.1) is 17.9 Å². The summed E-state index contributed by atoms with van der Waals surface area (Å²) in [5.74, 6) is 0. The third-order valence-electron chi connectivity index (χ3n) is 2.80. The van der Waals surface area contributed by atoms with Crippen LogP contribution < -0.4 is 5.32 Å². The highest BCUT2D eigenvalue weighted by molar-refractivity contribution is 7.89. The fourth-order valence-electron chi connectivity index (χ4n) is 1.89. The van der Waals surface area contributed by atoms with Crippen LogP contribution in [0.25, 0.3) is 0 Å². The number of nitrogens with zero attached hydrogens (tertiary/aromatic N) is 1. The van der Waals surface area contributed by atoms with Crippen molar-refractivity contribution >= 4 is 21.4 Å². The lowest BCUT2D eigenvalue weighted by atomic mass is 10.3. The average molecular weight is 318 g/mol. The van der Waals surface area contributed by atoms with Crippen LogP contribution in [0, 0.1) is 6.92 Å². The standard InChI is InChI=1S/C13H22N2O3S2/c1-4-6-15(7-8-16)20(17,18)13-11(3)10-19-12(13)9-14-5-2/h4,10,14,16H,1,5-9H2,2-3H3. The largest absolute Gasteiger partial charge is 0.395 e. The Morgan fingerprint density at radius 2 is 2.25 bits per heavy atom. The zero-order valence-corrected chi connectivity index (χ0v) is 13.6. The third kappa shape index (κ3) is 3.89. The van der Waals surface area contributed by atoms with Crippen LogP contribution in [-0.4, -0.2) is 44.1 Å². The molecule has 0 saturated heterocycles. The molecule has 0 spiro atoms. The van der Waals surface area contributed by atoms with Crippen LogP contribution in [-0.2, 0) is 16.6 Å². The Bertz CT molecular complexity index is 538. The lowest BCUT2D eigenvalue weighted by molar-refractivity contribution is 0.260. The van der Waals surface area contributed by atoms with Gasteiger partial charge < -0.3 is 10.4 Å². The van der Waals surface area contributed by atoms with Crippen molar-refractivity contribution in [1.29, 1.82) is 0 Å². The maximum atomic E-state index is 12.7. The predicted molar refractivity (Wildman–Crippen MR) is 82.5 cm³/mol. The van der Waals surface area contributed by atoms with Gasteiger partial charge in [0.25, 0.3) is 0 Å². The fraction of sp³-hybridized carbons (Fsp3) is 0.538. The Morgan fingerprint density at radius 3 is 2.80 bits per heavy atom. The molecule has 0 saturated carbocycles. The van der Waals surface area contributed by atoms with Crippen molar-refractivity contribution in [2.24, 2.45) is 0 Å². The van der Waals surface area contributed by atoms with Crippen LogP contribution in [0.2, 0.25) is 0 Å². The van der Waals surface area contributed by atoms with Crippen LogP contribution in [0.5, 0.6) is 0 Å². The molecule has 1 heterocycles. The van der Waals surface area contributed by atoms with Crippen LogP contribution in [0.4, 0.5) is 0 Å². The summed E-state index contributed by atoms with van der Waals surface area (Å²) in [6, 6.07) is 0. The summed E-state index contributed by atoms with van der Waals surface area (Å²) in [6.45, 7) is 8.72. The number of nitrogens with one attached hydrogen (secondary N) is 1. The van der Waals surface area contributed by atoms with E-state index in [2.05, 4.69) is 11.9 Å². The number of thiophene rings is 1. The van der Waals surface area contributed by atoms with E-state index in [-0.39, 0.29) is 19.7 Å². The molecule has 0 amide bonds. The minimum atomic E-state index is -3.60. The number of aliphatic hydroxyl groups excluding tert-OH is 1. The number of aryl methyl sites for hydroxylation is 1. The van der Waals surface area contributed by atoms with E-state index in [9.17, 15) is 8.42 Å². The van der Waals surface area contributed by atoms with Gasteiger partial charge >= 0.3 is 0 Å². The Hall–Kier alpha value is -0.730. The van der Waals surface area contributed by atoms with Crippen molar-refractivity contribution in [2.75, 3.05) is 26.2 Å². The summed E-state index contributed by atoms with van der Waals surface area (Å²) < 4.78 is 26.7. The molecule has 7 heteroatoms. The fourth-order valence-corrected chi connectivity index (χ4v) is 5.02. The SMILES string of the molecule is C=CCN(CCO)S(=O)(=O)c1c(C)csc1CNCC. The number of hydrogen-bond acceptors (Lipinski definition) is 5. The van der Waals surface area contributed by atoms with Crippen molar-refractivity contribution < 1.29 is 13.5 Å². The van der Waals surface area contributed by atoms with E-state index in [1.165, 1.54) is 21.7 Å². The van der Waals surface area contributed by atoms with E-state index < -0.39 is 10.0 Å². The first-order valence-electron chi connectivity index (χ1n) is 6.48. The minimum absolute atomic E-state index is 0.0737. The van der Waals surface area contributed by atoms with Gasteiger partial charge in [0.2, 0.25) is 10.0 Å². The predicted octanol–water partition coefficient (Wildman–Crippen LogP) is 1.34.